The van der Waals surface area contributed by atoms with E-state index in [1.54, 1.807) is 0 Å². The van der Waals surface area contributed by atoms with E-state index in [0.717, 1.165) is 13.4 Å². The molecule has 3 heterocycles. The van der Waals surface area contributed by atoms with E-state index in [2.05, 4.69) is 33.2 Å². The topological polar surface area (TPSA) is 38.7 Å². The standard InChI is InChI=1S/C15H12AsN3/c1-4-10-17-13(7-1)16(14-8-2-5-11-18-14)15-9-3-6-12-19-15/h1-12H. The van der Waals surface area contributed by atoms with Gasteiger partial charge in [0.15, 0.2) is 0 Å². The summed E-state index contributed by atoms with van der Waals surface area (Å²) >= 11 is -1.72. The molecule has 0 N–H and O–H groups in total. The first kappa shape index (κ1) is 12.1. The fourth-order valence-corrected chi connectivity index (χ4v) is 5.91. The van der Waals surface area contributed by atoms with Crippen LogP contribution in [-0.2, 0) is 0 Å². The molecule has 92 valence electrons. The minimum atomic E-state index is -1.72. The molecule has 3 aromatic rings. The summed E-state index contributed by atoms with van der Waals surface area (Å²) in [6.45, 7) is 0. The zero-order chi connectivity index (χ0) is 12.9. The molecule has 0 aliphatic carbocycles. The number of rotatable bonds is 3. The Morgan fingerprint density at radius 2 is 0.895 bits per heavy atom. The van der Waals surface area contributed by atoms with Gasteiger partial charge in [0.05, 0.1) is 0 Å². The Morgan fingerprint density at radius 3 is 1.16 bits per heavy atom. The van der Waals surface area contributed by atoms with Gasteiger partial charge >= 0.3 is 116 Å². The van der Waals surface area contributed by atoms with E-state index >= 15 is 0 Å². The fourth-order valence-electron chi connectivity index (χ4n) is 1.81. The third-order valence-electron chi connectivity index (χ3n) is 2.64. The molecule has 19 heavy (non-hydrogen) atoms. The van der Waals surface area contributed by atoms with Gasteiger partial charge in [0.1, 0.15) is 0 Å². The van der Waals surface area contributed by atoms with Crippen LogP contribution in [0.3, 0.4) is 0 Å². The molecule has 0 bridgehead atoms. The second-order valence-electron chi connectivity index (χ2n) is 3.90. The number of nitrogens with zero attached hydrogens (tertiary/aromatic N) is 3. The van der Waals surface area contributed by atoms with Gasteiger partial charge in [-0.15, -0.1) is 0 Å². The van der Waals surface area contributed by atoms with Crippen molar-refractivity contribution in [2.75, 3.05) is 0 Å². The maximum absolute atomic E-state index is 4.52. The Kier molecular flexibility index (Phi) is 3.66. The molecule has 0 radical (unpaired) electrons. The van der Waals surface area contributed by atoms with Gasteiger partial charge in [0.2, 0.25) is 0 Å². The van der Waals surface area contributed by atoms with Crippen LogP contribution in [-0.4, -0.2) is 29.6 Å². The molecular weight excluding hydrogens is 297 g/mol. The summed E-state index contributed by atoms with van der Waals surface area (Å²) in [7, 11) is 0. The number of aromatic nitrogens is 3. The maximum atomic E-state index is 4.52. The Morgan fingerprint density at radius 1 is 0.526 bits per heavy atom. The van der Waals surface area contributed by atoms with Crippen LogP contribution in [0.25, 0.3) is 0 Å². The van der Waals surface area contributed by atoms with E-state index in [0.29, 0.717) is 0 Å². The summed E-state index contributed by atoms with van der Waals surface area (Å²) in [6.07, 6.45) is 5.51. The molecule has 3 rings (SSSR count). The van der Waals surface area contributed by atoms with Gasteiger partial charge in [0.25, 0.3) is 0 Å². The minimum absolute atomic E-state index is 1.10. The van der Waals surface area contributed by atoms with E-state index in [9.17, 15) is 0 Å². The second-order valence-corrected chi connectivity index (χ2v) is 8.19. The van der Waals surface area contributed by atoms with E-state index in [1.165, 1.54) is 0 Å². The number of pyridine rings is 3. The van der Waals surface area contributed by atoms with Crippen molar-refractivity contribution in [3.05, 3.63) is 73.2 Å². The first-order chi connectivity index (χ1) is 9.45. The third kappa shape index (κ3) is 2.72. The van der Waals surface area contributed by atoms with E-state index in [4.69, 9.17) is 0 Å². The van der Waals surface area contributed by atoms with Crippen LogP contribution in [0.15, 0.2) is 73.2 Å². The summed E-state index contributed by atoms with van der Waals surface area (Å²) in [6, 6.07) is 18.1. The average molecular weight is 309 g/mol. The molecule has 0 amide bonds. The van der Waals surface area contributed by atoms with E-state index in [-0.39, 0.29) is 0 Å². The monoisotopic (exact) mass is 309 g/mol. The van der Waals surface area contributed by atoms with Gasteiger partial charge in [-0.1, -0.05) is 0 Å². The molecule has 3 nitrogen and oxygen atoms in total. The normalized spacial score (nSPS) is 10.6. The average Bonchev–Trinajstić information content (AvgIpc) is 2.51. The molecular formula is C15H12AsN3. The van der Waals surface area contributed by atoms with Crippen molar-refractivity contribution in [1.29, 1.82) is 0 Å². The third-order valence-corrected chi connectivity index (χ3v) is 7.18. The summed E-state index contributed by atoms with van der Waals surface area (Å²) in [5, 5.41) is 0. The summed E-state index contributed by atoms with van der Waals surface area (Å²) in [5.74, 6) is 0. The van der Waals surface area contributed by atoms with E-state index < -0.39 is 14.7 Å². The molecule has 0 spiro atoms. The molecule has 0 aromatic carbocycles. The van der Waals surface area contributed by atoms with Crippen molar-refractivity contribution in [3.63, 3.8) is 0 Å². The first-order valence-electron chi connectivity index (χ1n) is 5.98. The van der Waals surface area contributed by atoms with Gasteiger partial charge in [-0.3, -0.25) is 0 Å². The molecule has 0 atom stereocenters. The quantitative estimate of drug-likeness (QED) is 0.657. The number of hydrogen-bond acceptors (Lipinski definition) is 3. The summed E-state index contributed by atoms with van der Waals surface area (Å²) < 4.78 is 3.31. The van der Waals surface area contributed by atoms with Gasteiger partial charge in [-0.25, -0.2) is 0 Å². The summed E-state index contributed by atoms with van der Waals surface area (Å²) in [4.78, 5) is 13.5. The first-order valence-corrected chi connectivity index (χ1v) is 8.80. The molecule has 0 aliphatic rings. The Bertz CT molecular complexity index is 535. The SMILES string of the molecule is c1ccc([As](c2ccccn2)c2ccccn2)nc1. The molecule has 0 unspecified atom stereocenters. The molecule has 0 saturated carbocycles. The number of hydrogen-bond donors (Lipinski definition) is 0. The molecule has 0 fully saturated rings. The predicted molar refractivity (Wildman–Crippen MR) is 77.4 cm³/mol. The molecule has 0 saturated heterocycles. The van der Waals surface area contributed by atoms with Crippen molar-refractivity contribution in [2.24, 2.45) is 0 Å². The van der Waals surface area contributed by atoms with Crippen molar-refractivity contribution >= 4 is 28.1 Å². The summed E-state index contributed by atoms with van der Waals surface area (Å²) in [5.41, 5.74) is 0. The van der Waals surface area contributed by atoms with Crippen molar-refractivity contribution in [3.8, 4) is 0 Å². The van der Waals surface area contributed by atoms with Crippen LogP contribution in [0.4, 0.5) is 0 Å². The zero-order valence-corrected chi connectivity index (χ0v) is 12.1. The van der Waals surface area contributed by atoms with Crippen LogP contribution in [0.5, 0.6) is 0 Å². The van der Waals surface area contributed by atoms with Gasteiger partial charge in [0, 0.05) is 0 Å². The van der Waals surface area contributed by atoms with Crippen LogP contribution in [0.2, 0.25) is 0 Å². The fraction of sp³-hybridized carbons (Fsp3) is 0. The second kappa shape index (κ2) is 5.77. The van der Waals surface area contributed by atoms with Crippen LogP contribution in [0, 0.1) is 0 Å². The Balaban J connectivity index is 2.12. The van der Waals surface area contributed by atoms with Gasteiger partial charge in [-0.2, -0.15) is 0 Å². The zero-order valence-electron chi connectivity index (χ0n) is 10.2. The predicted octanol–water partition coefficient (Wildman–Crippen LogP) is 0.388. The van der Waals surface area contributed by atoms with Crippen molar-refractivity contribution < 1.29 is 0 Å². The van der Waals surface area contributed by atoms with Crippen molar-refractivity contribution in [2.45, 2.75) is 0 Å². The molecule has 0 aliphatic heterocycles. The molecule has 3 aromatic heterocycles. The van der Waals surface area contributed by atoms with Crippen LogP contribution in [0.1, 0.15) is 0 Å². The van der Waals surface area contributed by atoms with Crippen LogP contribution < -0.4 is 13.4 Å². The van der Waals surface area contributed by atoms with Crippen molar-refractivity contribution in [1.82, 2.24) is 15.0 Å². The van der Waals surface area contributed by atoms with Gasteiger partial charge in [-0.05, 0) is 0 Å². The van der Waals surface area contributed by atoms with Gasteiger partial charge < -0.3 is 0 Å². The molecule has 4 heteroatoms. The Labute approximate surface area is 116 Å². The Hall–Kier alpha value is -1.99. The van der Waals surface area contributed by atoms with E-state index in [1.807, 2.05) is 55.0 Å². The van der Waals surface area contributed by atoms with Crippen LogP contribution >= 0.6 is 0 Å².